The summed E-state index contributed by atoms with van der Waals surface area (Å²) in [5, 5.41) is 14.7. The monoisotopic (exact) mass is 342 g/mol. The molecule has 1 amide bonds. The number of carbonyl (C=O) groups is 2. The van der Waals surface area contributed by atoms with Gasteiger partial charge >= 0.3 is 5.97 Å². The number of hydrogen-bond donors (Lipinski definition) is 2. The van der Waals surface area contributed by atoms with Crippen molar-refractivity contribution >= 4 is 39.2 Å². The molecule has 0 fully saturated rings. The summed E-state index contributed by atoms with van der Waals surface area (Å²) in [6, 6.07) is 5.02. The number of carbonyl (C=O) groups excluding carboxylic acids is 1. The largest absolute Gasteiger partial charge is 0.496 e. The summed E-state index contributed by atoms with van der Waals surface area (Å²) < 4.78 is 5.76. The molecule has 1 aliphatic rings. The molecule has 1 aliphatic heterocycles. The van der Waals surface area contributed by atoms with Crippen molar-refractivity contribution < 1.29 is 24.3 Å². The average molecular weight is 343 g/mol. The highest BCUT2D eigenvalue weighted by atomic mass is 79.9. The number of carboxylic acids is 1. The third kappa shape index (κ3) is 3.08. The van der Waals surface area contributed by atoms with Crippen LogP contribution in [0.15, 0.2) is 27.8 Å². The maximum Gasteiger partial charge on any atom is 0.353 e. The molecule has 1 aromatic carbocycles. The van der Waals surface area contributed by atoms with E-state index < -0.39 is 18.0 Å². The molecule has 1 unspecified atom stereocenters. The van der Waals surface area contributed by atoms with Crippen LogP contribution in [0.2, 0.25) is 0 Å². The predicted octanol–water partition coefficient (Wildman–Crippen LogP) is 1.63. The Bertz CT molecular complexity index is 587. The molecule has 0 bridgehead atoms. The first-order chi connectivity index (χ1) is 9.51. The lowest BCUT2D eigenvalue weighted by Crippen LogP contribution is -2.28. The van der Waals surface area contributed by atoms with Gasteiger partial charge in [-0.05, 0) is 34.1 Å². The van der Waals surface area contributed by atoms with E-state index in [-0.39, 0.29) is 12.1 Å². The molecule has 8 heteroatoms. The lowest BCUT2D eigenvalue weighted by atomic mass is 10.1. The number of halogens is 1. The number of carboxylic acid groups (broad SMARTS) is 1. The van der Waals surface area contributed by atoms with Gasteiger partial charge in [-0.2, -0.15) is 0 Å². The Kier molecular flexibility index (Phi) is 4.23. The minimum absolute atomic E-state index is 0.0571. The fraction of sp³-hybridized carbons (Fsp3) is 0.250. The number of methoxy groups -OCH3 is 1. The van der Waals surface area contributed by atoms with E-state index in [0.29, 0.717) is 15.9 Å². The zero-order valence-corrected chi connectivity index (χ0v) is 12.0. The van der Waals surface area contributed by atoms with Crippen molar-refractivity contribution in [2.45, 2.75) is 12.5 Å². The number of nitrogens with one attached hydrogen (secondary N) is 1. The van der Waals surface area contributed by atoms with Gasteiger partial charge in [0.2, 0.25) is 6.10 Å². The number of rotatable bonds is 4. The summed E-state index contributed by atoms with van der Waals surface area (Å²) in [6.07, 6.45) is -0.986. The second-order valence-electron chi connectivity index (χ2n) is 3.98. The standard InChI is InChI=1S/C12H11BrN2O5/c1-19-9-3-2-6(4-7(9)13)14-11(16)10-5-8(12(17)18)15-20-10/h2-4,10H,5H2,1H3,(H,14,16)(H,17,18). The smallest absolute Gasteiger partial charge is 0.353 e. The molecule has 7 nitrogen and oxygen atoms in total. The molecule has 1 heterocycles. The summed E-state index contributed by atoms with van der Waals surface area (Å²) in [5.74, 6) is -1.01. The van der Waals surface area contributed by atoms with Crippen LogP contribution in [0.4, 0.5) is 5.69 Å². The van der Waals surface area contributed by atoms with Crippen LogP contribution >= 0.6 is 15.9 Å². The topological polar surface area (TPSA) is 97.2 Å². The number of ether oxygens (including phenoxy) is 1. The van der Waals surface area contributed by atoms with Gasteiger partial charge in [-0.3, -0.25) is 4.79 Å². The first-order valence-electron chi connectivity index (χ1n) is 5.61. The fourth-order valence-corrected chi connectivity index (χ4v) is 2.15. The molecule has 106 valence electrons. The Morgan fingerprint density at radius 1 is 1.55 bits per heavy atom. The Hall–Kier alpha value is -2.09. The van der Waals surface area contributed by atoms with E-state index in [1.54, 1.807) is 18.2 Å². The number of hydrogen-bond acceptors (Lipinski definition) is 5. The summed E-state index contributed by atoms with van der Waals surface area (Å²) in [4.78, 5) is 27.4. The Morgan fingerprint density at radius 3 is 2.85 bits per heavy atom. The maximum absolute atomic E-state index is 11.9. The SMILES string of the molecule is COc1ccc(NC(=O)C2CC(C(=O)O)=NO2)cc1Br. The first-order valence-corrected chi connectivity index (χ1v) is 6.41. The van der Waals surface area contributed by atoms with Crippen LogP contribution in [0.3, 0.4) is 0 Å². The number of oxime groups is 1. The maximum atomic E-state index is 11.9. The number of anilines is 1. The average Bonchev–Trinajstić information content (AvgIpc) is 2.88. The minimum atomic E-state index is -1.19. The van der Waals surface area contributed by atoms with Crippen LogP contribution < -0.4 is 10.1 Å². The van der Waals surface area contributed by atoms with Crippen LogP contribution in [-0.2, 0) is 14.4 Å². The lowest BCUT2D eigenvalue weighted by molar-refractivity contribution is -0.129. The molecule has 0 saturated heterocycles. The van der Waals surface area contributed by atoms with E-state index in [1.165, 1.54) is 7.11 Å². The second kappa shape index (κ2) is 5.91. The molecular weight excluding hydrogens is 332 g/mol. The molecule has 2 rings (SSSR count). The predicted molar refractivity (Wildman–Crippen MR) is 73.9 cm³/mol. The van der Waals surface area contributed by atoms with E-state index in [9.17, 15) is 9.59 Å². The second-order valence-corrected chi connectivity index (χ2v) is 4.83. The van der Waals surface area contributed by atoms with Crippen molar-refractivity contribution in [3.8, 4) is 5.75 Å². The van der Waals surface area contributed by atoms with Gasteiger partial charge in [0.15, 0.2) is 5.71 Å². The number of nitrogens with zero attached hydrogens (tertiary/aromatic N) is 1. The quantitative estimate of drug-likeness (QED) is 0.866. The van der Waals surface area contributed by atoms with Crippen LogP contribution in [0.5, 0.6) is 5.75 Å². The van der Waals surface area contributed by atoms with Crippen LogP contribution in [-0.4, -0.2) is 35.9 Å². The molecule has 1 aromatic rings. The summed E-state index contributed by atoms with van der Waals surface area (Å²) in [6.45, 7) is 0. The highest BCUT2D eigenvalue weighted by Crippen LogP contribution is 2.28. The van der Waals surface area contributed by atoms with Crippen molar-refractivity contribution in [3.05, 3.63) is 22.7 Å². The zero-order valence-electron chi connectivity index (χ0n) is 10.4. The van der Waals surface area contributed by atoms with Crippen molar-refractivity contribution in [1.29, 1.82) is 0 Å². The fourth-order valence-electron chi connectivity index (χ4n) is 1.61. The van der Waals surface area contributed by atoms with E-state index in [4.69, 9.17) is 14.7 Å². The molecule has 0 saturated carbocycles. The molecule has 0 spiro atoms. The van der Waals surface area contributed by atoms with Crippen molar-refractivity contribution in [2.75, 3.05) is 12.4 Å². The number of aliphatic carboxylic acids is 1. The van der Waals surface area contributed by atoms with Crippen LogP contribution in [0.1, 0.15) is 6.42 Å². The molecule has 1 atom stereocenters. The van der Waals surface area contributed by atoms with Crippen LogP contribution in [0.25, 0.3) is 0 Å². The van der Waals surface area contributed by atoms with Crippen molar-refractivity contribution in [3.63, 3.8) is 0 Å². The third-order valence-corrected chi connectivity index (χ3v) is 3.25. The van der Waals surface area contributed by atoms with Gasteiger partial charge in [-0.25, -0.2) is 4.79 Å². The highest BCUT2D eigenvalue weighted by Gasteiger charge is 2.31. The molecule has 0 aliphatic carbocycles. The molecular formula is C12H11BrN2O5. The van der Waals surface area contributed by atoms with Gasteiger partial charge in [0, 0.05) is 12.1 Å². The van der Waals surface area contributed by atoms with Gasteiger partial charge < -0.3 is 20.0 Å². The van der Waals surface area contributed by atoms with E-state index >= 15 is 0 Å². The minimum Gasteiger partial charge on any atom is -0.496 e. The van der Waals surface area contributed by atoms with Crippen molar-refractivity contribution in [2.24, 2.45) is 5.16 Å². The number of amides is 1. The number of benzene rings is 1. The normalized spacial score (nSPS) is 17.1. The van der Waals surface area contributed by atoms with E-state index in [2.05, 4.69) is 26.4 Å². The first kappa shape index (κ1) is 14.3. The zero-order chi connectivity index (χ0) is 14.7. The third-order valence-electron chi connectivity index (χ3n) is 2.63. The van der Waals surface area contributed by atoms with Gasteiger partial charge in [-0.15, -0.1) is 0 Å². The lowest BCUT2D eigenvalue weighted by Gasteiger charge is -2.10. The van der Waals surface area contributed by atoms with E-state index in [0.717, 1.165) is 0 Å². The van der Waals surface area contributed by atoms with Gasteiger partial charge in [0.05, 0.1) is 11.6 Å². The Morgan fingerprint density at radius 2 is 2.30 bits per heavy atom. The molecule has 0 radical (unpaired) electrons. The highest BCUT2D eigenvalue weighted by molar-refractivity contribution is 9.10. The molecule has 0 aromatic heterocycles. The summed E-state index contributed by atoms with van der Waals surface area (Å²) in [5.41, 5.74) is 0.371. The van der Waals surface area contributed by atoms with Crippen molar-refractivity contribution in [1.82, 2.24) is 0 Å². The summed E-state index contributed by atoms with van der Waals surface area (Å²) >= 11 is 3.30. The van der Waals surface area contributed by atoms with Crippen LogP contribution in [0, 0.1) is 0 Å². The van der Waals surface area contributed by atoms with E-state index in [1.807, 2.05) is 0 Å². The molecule has 20 heavy (non-hydrogen) atoms. The Balaban J connectivity index is 1.99. The van der Waals surface area contributed by atoms with Gasteiger partial charge in [-0.1, -0.05) is 5.16 Å². The van der Waals surface area contributed by atoms with Gasteiger partial charge in [0.1, 0.15) is 5.75 Å². The Labute approximate surface area is 122 Å². The van der Waals surface area contributed by atoms with Gasteiger partial charge in [0.25, 0.3) is 5.91 Å². The molecule has 2 N–H and O–H groups in total. The summed E-state index contributed by atoms with van der Waals surface area (Å²) in [7, 11) is 1.54.